The highest BCUT2D eigenvalue weighted by atomic mass is 35.5. The van der Waals surface area contributed by atoms with E-state index in [4.69, 9.17) is 16.3 Å². The van der Waals surface area contributed by atoms with Crippen LogP contribution in [0.5, 0.6) is 5.75 Å². The van der Waals surface area contributed by atoms with Gasteiger partial charge >= 0.3 is 0 Å². The Morgan fingerprint density at radius 1 is 1.09 bits per heavy atom. The molecule has 1 saturated heterocycles. The van der Waals surface area contributed by atoms with Gasteiger partial charge in [0.05, 0.1) is 18.2 Å². The van der Waals surface area contributed by atoms with Gasteiger partial charge in [0.25, 0.3) is 0 Å². The number of nitrogens with one attached hydrogen (secondary N) is 1. The molecule has 5 rings (SSSR count). The number of anilines is 1. The highest BCUT2D eigenvalue weighted by molar-refractivity contribution is 7.88. The molecule has 0 atom stereocenters. The summed E-state index contributed by atoms with van der Waals surface area (Å²) in [6, 6.07) is 11.6. The van der Waals surface area contributed by atoms with Crippen molar-refractivity contribution in [2.45, 2.75) is 31.3 Å². The number of fused-ring (bicyclic) bond motifs is 3. The average molecular weight is 490 g/mol. The van der Waals surface area contributed by atoms with E-state index in [1.807, 2.05) is 36.4 Å². The average Bonchev–Trinajstić information content (AvgIpc) is 3.22. The molecule has 0 aliphatic carbocycles. The van der Waals surface area contributed by atoms with Gasteiger partial charge in [-0.25, -0.2) is 8.42 Å². The zero-order valence-corrected chi connectivity index (χ0v) is 20.2. The second-order valence-electron chi connectivity index (χ2n) is 9.20. The maximum atomic E-state index is 12.9. The summed E-state index contributed by atoms with van der Waals surface area (Å²) < 4.78 is 31.1. The van der Waals surface area contributed by atoms with Crippen LogP contribution >= 0.6 is 11.6 Å². The van der Waals surface area contributed by atoms with Crippen LogP contribution in [0.1, 0.15) is 29.5 Å². The monoisotopic (exact) mass is 489 g/mol. The zero-order chi connectivity index (χ0) is 23.2. The summed E-state index contributed by atoms with van der Waals surface area (Å²) in [5.74, 6) is 1.00. The molecule has 33 heavy (non-hydrogen) atoms. The number of hydrogen-bond donors (Lipinski definition) is 1. The lowest BCUT2D eigenvalue weighted by Gasteiger charge is -2.44. The first-order valence-corrected chi connectivity index (χ1v) is 13.5. The van der Waals surface area contributed by atoms with Crippen LogP contribution in [0.2, 0.25) is 5.02 Å². The summed E-state index contributed by atoms with van der Waals surface area (Å²) in [7, 11) is -3.20. The maximum absolute atomic E-state index is 12.9. The van der Waals surface area contributed by atoms with Crippen molar-refractivity contribution in [2.24, 2.45) is 0 Å². The summed E-state index contributed by atoms with van der Waals surface area (Å²) in [4.78, 5) is 15.3. The minimum Gasteiger partial charge on any atom is -0.492 e. The Hall–Kier alpha value is -2.13. The van der Waals surface area contributed by atoms with Gasteiger partial charge in [-0.2, -0.15) is 4.31 Å². The maximum Gasteiger partial charge on any atom is 0.211 e. The second kappa shape index (κ2) is 8.58. The summed E-state index contributed by atoms with van der Waals surface area (Å²) in [6.07, 6.45) is 2.80. The normalized spacial score (nSPS) is 20.4. The fourth-order valence-corrected chi connectivity index (χ4v) is 6.14. The number of carbonyl (C=O) groups is 1. The number of benzene rings is 2. The molecule has 0 amide bonds. The molecule has 0 bridgehead atoms. The molecule has 0 saturated carbocycles. The van der Waals surface area contributed by atoms with Gasteiger partial charge in [0.1, 0.15) is 12.4 Å². The number of halogens is 1. The van der Waals surface area contributed by atoms with E-state index >= 15 is 0 Å². The van der Waals surface area contributed by atoms with E-state index in [2.05, 4.69) is 10.2 Å². The van der Waals surface area contributed by atoms with Crippen molar-refractivity contribution in [1.82, 2.24) is 9.21 Å². The van der Waals surface area contributed by atoms with Crippen LogP contribution in [0, 0.1) is 0 Å². The molecular weight excluding hydrogens is 462 g/mol. The van der Waals surface area contributed by atoms with Crippen LogP contribution in [0.3, 0.4) is 0 Å². The third-order valence-corrected chi connectivity index (χ3v) is 8.63. The van der Waals surface area contributed by atoms with Crippen molar-refractivity contribution in [3.8, 4) is 5.75 Å². The molecule has 7 nitrogen and oxygen atoms in total. The summed E-state index contributed by atoms with van der Waals surface area (Å²) in [5.41, 5.74) is 3.62. The third kappa shape index (κ3) is 4.37. The predicted molar refractivity (Wildman–Crippen MR) is 128 cm³/mol. The summed E-state index contributed by atoms with van der Waals surface area (Å²) in [5, 5.41) is 3.89. The molecule has 3 aliphatic rings. The van der Waals surface area contributed by atoms with Crippen LogP contribution in [0.25, 0.3) is 0 Å². The molecule has 1 fully saturated rings. The van der Waals surface area contributed by atoms with Gasteiger partial charge < -0.3 is 10.1 Å². The van der Waals surface area contributed by atoms with Crippen LogP contribution in [-0.2, 0) is 33.3 Å². The molecule has 2 aromatic rings. The van der Waals surface area contributed by atoms with E-state index in [-0.39, 0.29) is 5.78 Å². The van der Waals surface area contributed by atoms with Crippen LogP contribution < -0.4 is 10.1 Å². The lowest BCUT2D eigenvalue weighted by Crippen LogP contribution is -2.52. The van der Waals surface area contributed by atoms with Crippen LogP contribution in [0.15, 0.2) is 36.4 Å². The van der Waals surface area contributed by atoms with Gasteiger partial charge in [0.2, 0.25) is 10.0 Å². The SMILES string of the molecule is CS(=O)(=O)N1Cc2ccc(OCCN3CCC4(CC3)C(=O)CNc3ccc(Cl)cc34)cc2C1. The Labute approximate surface area is 199 Å². The molecule has 0 radical (unpaired) electrons. The lowest BCUT2D eigenvalue weighted by molar-refractivity contribution is -0.125. The van der Waals surface area contributed by atoms with Crippen LogP contribution in [0.4, 0.5) is 5.69 Å². The van der Waals surface area contributed by atoms with Crippen molar-refractivity contribution < 1.29 is 17.9 Å². The molecule has 2 aromatic carbocycles. The van der Waals surface area contributed by atoms with E-state index in [9.17, 15) is 13.2 Å². The molecule has 3 heterocycles. The Morgan fingerprint density at radius 3 is 2.61 bits per heavy atom. The molecule has 3 aliphatic heterocycles. The number of ketones is 1. The van der Waals surface area contributed by atoms with Gasteiger partial charge in [-0.15, -0.1) is 0 Å². The Kier molecular flexibility index (Phi) is 5.89. The fourth-order valence-electron chi connectivity index (χ4n) is 5.22. The first kappa shape index (κ1) is 22.7. The molecule has 0 unspecified atom stereocenters. The van der Waals surface area contributed by atoms with Crippen molar-refractivity contribution in [2.75, 3.05) is 44.4 Å². The van der Waals surface area contributed by atoms with E-state index in [0.717, 1.165) is 60.6 Å². The van der Waals surface area contributed by atoms with Gasteiger partial charge in [-0.3, -0.25) is 9.69 Å². The smallest absolute Gasteiger partial charge is 0.211 e. The Balaban J connectivity index is 1.17. The minimum atomic E-state index is -3.20. The van der Waals surface area contributed by atoms with Gasteiger partial charge in [0.15, 0.2) is 5.78 Å². The third-order valence-electron chi connectivity index (χ3n) is 7.20. The highest BCUT2D eigenvalue weighted by Gasteiger charge is 2.45. The zero-order valence-electron chi connectivity index (χ0n) is 18.6. The first-order valence-electron chi connectivity index (χ1n) is 11.2. The fraction of sp³-hybridized carbons (Fsp3) is 0.458. The van der Waals surface area contributed by atoms with Crippen molar-refractivity contribution in [3.63, 3.8) is 0 Å². The van der Waals surface area contributed by atoms with Crippen molar-refractivity contribution in [3.05, 3.63) is 58.1 Å². The number of Topliss-reactive ketones (excluding diaryl/α,β-unsaturated/α-hetero) is 1. The molecule has 9 heteroatoms. The van der Waals surface area contributed by atoms with E-state index in [0.29, 0.717) is 31.3 Å². The number of piperidine rings is 1. The standard InChI is InChI=1S/C24H28ClN3O4S/c1-33(30,31)28-15-17-2-4-20(12-18(17)16-28)32-11-10-27-8-6-24(7-9-27)21-13-19(25)3-5-22(21)26-14-23(24)29/h2-5,12-13,26H,6-11,14-16H2,1H3. The van der Waals surface area contributed by atoms with E-state index in [1.54, 1.807) is 0 Å². The topological polar surface area (TPSA) is 79.0 Å². The number of sulfonamides is 1. The molecule has 1 spiro atoms. The van der Waals surface area contributed by atoms with E-state index < -0.39 is 15.4 Å². The molecule has 0 aromatic heterocycles. The number of rotatable bonds is 5. The number of ether oxygens (including phenoxy) is 1. The van der Waals surface area contributed by atoms with Crippen molar-refractivity contribution >= 4 is 33.1 Å². The van der Waals surface area contributed by atoms with Crippen molar-refractivity contribution in [1.29, 1.82) is 0 Å². The number of nitrogens with zero attached hydrogens (tertiary/aromatic N) is 2. The van der Waals surface area contributed by atoms with Crippen LogP contribution in [-0.4, -0.2) is 62.4 Å². The number of likely N-dealkylation sites (tertiary alicyclic amines) is 1. The first-order chi connectivity index (χ1) is 15.7. The lowest BCUT2D eigenvalue weighted by atomic mass is 9.67. The highest BCUT2D eigenvalue weighted by Crippen LogP contribution is 2.43. The van der Waals surface area contributed by atoms with Gasteiger partial charge in [-0.1, -0.05) is 17.7 Å². The Bertz CT molecular complexity index is 1190. The minimum absolute atomic E-state index is 0.245. The van der Waals surface area contributed by atoms with E-state index in [1.165, 1.54) is 10.6 Å². The van der Waals surface area contributed by atoms with Gasteiger partial charge in [0, 0.05) is 30.3 Å². The van der Waals surface area contributed by atoms with Gasteiger partial charge in [-0.05, 0) is 73.0 Å². The quantitative estimate of drug-likeness (QED) is 0.695. The molecule has 1 N–H and O–H groups in total. The second-order valence-corrected chi connectivity index (χ2v) is 11.6. The largest absolute Gasteiger partial charge is 0.492 e. The summed E-state index contributed by atoms with van der Waals surface area (Å²) in [6.45, 7) is 4.16. The number of carbonyl (C=O) groups excluding carboxylic acids is 1. The molecular formula is C24H28ClN3O4S. The Morgan fingerprint density at radius 2 is 1.85 bits per heavy atom. The predicted octanol–water partition coefficient (Wildman–Crippen LogP) is 3.02. The molecule has 176 valence electrons. The number of hydrogen-bond acceptors (Lipinski definition) is 6. The summed E-state index contributed by atoms with van der Waals surface area (Å²) >= 11 is 6.25.